The summed E-state index contributed by atoms with van der Waals surface area (Å²) in [5.74, 6) is 0.736. The van der Waals surface area contributed by atoms with Gasteiger partial charge in [-0.05, 0) is 6.07 Å². The zero-order valence-electron chi connectivity index (χ0n) is 10.3. The molecule has 0 atom stereocenters. The Morgan fingerprint density at radius 2 is 2.25 bits per heavy atom. The standard InChI is InChI=1S/C11H10N8O/c1-2-12-6-14-8(1)10-15-11(20-17-10)9-5-19(18-16-9)7-3-13-4-7/h1-2,5-7,13H,3-4H2. The first-order valence-corrected chi connectivity index (χ1v) is 6.13. The predicted octanol–water partition coefficient (Wildman–Crippen LogP) is -0.0706. The van der Waals surface area contributed by atoms with Gasteiger partial charge >= 0.3 is 0 Å². The van der Waals surface area contributed by atoms with Crippen molar-refractivity contribution >= 4 is 0 Å². The van der Waals surface area contributed by atoms with Gasteiger partial charge in [-0.3, -0.25) is 0 Å². The van der Waals surface area contributed by atoms with E-state index in [0.717, 1.165) is 13.1 Å². The highest BCUT2D eigenvalue weighted by Crippen LogP contribution is 2.20. The van der Waals surface area contributed by atoms with E-state index in [9.17, 15) is 0 Å². The van der Waals surface area contributed by atoms with Crippen LogP contribution >= 0.6 is 0 Å². The van der Waals surface area contributed by atoms with Gasteiger partial charge in [0.05, 0.1) is 12.2 Å². The van der Waals surface area contributed by atoms with Crippen LogP contribution in [-0.4, -0.2) is 48.2 Å². The number of nitrogens with one attached hydrogen (secondary N) is 1. The van der Waals surface area contributed by atoms with Crippen LogP contribution in [0.15, 0.2) is 29.3 Å². The van der Waals surface area contributed by atoms with Crippen LogP contribution in [-0.2, 0) is 0 Å². The van der Waals surface area contributed by atoms with Gasteiger partial charge in [-0.15, -0.1) is 5.10 Å². The maximum Gasteiger partial charge on any atom is 0.280 e. The molecule has 9 heteroatoms. The predicted molar refractivity (Wildman–Crippen MR) is 66.2 cm³/mol. The highest BCUT2D eigenvalue weighted by atomic mass is 16.5. The highest BCUT2D eigenvalue weighted by Gasteiger charge is 2.22. The first-order valence-electron chi connectivity index (χ1n) is 6.13. The Labute approximate surface area is 113 Å². The van der Waals surface area contributed by atoms with Crippen LogP contribution in [0.4, 0.5) is 0 Å². The quantitative estimate of drug-likeness (QED) is 0.704. The smallest absolute Gasteiger partial charge is 0.280 e. The molecule has 0 spiro atoms. The molecule has 0 unspecified atom stereocenters. The summed E-state index contributed by atoms with van der Waals surface area (Å²) in [5.41, 5.74) is 1.16. The van der Waals surface area contributed by atoms with E-state index in [1.807, 2.05) is 6.20 Å². The first kappa shape index (κ1) is 11.2. The summed E-state index contributed by atoms with van der Waals surface area (Å²) in [6.45, 7) is 1.80. The number of hydrogen-bond donors (Lipinski definition) is 1. The Bertz CT molecular complexity index is 717. The molecule has 0 aliphatic carbocycles. The third-order valence-corrected chi connectivity index (χ3v) is 3.10. The average Bonchev–Trinajstić information content (AvgIpc) is 3.06. The molecule has 1 aliphatic rings. The van der Waals surface area contributed by atoms with Crippen molar-refractivity contribution < 1.29 is 4.52 Å². The first-order chi connectivity index (χ1) is 9.90. The normalized spacial score (nSPS) is 15.2. The van der Waals surface area contributed by atoms with E-state index in [2.05, 4.69) is 35.7 Å². The second-order valence-corrected chi connectivity index (χ2v) is 4.41. The molecule has 1 fully saturated rings. The average molecular weight is 270 g/mol. The maximum absolute atomic E-state index is 5.20. The van der Waals surface area contributed by atoms with Crippen LogP contribution in [0.3, 0.4) is 0 Å². The van der Waals surface area contributed by atoms with Crippen LogP contribution in [0.2, 0.25) is 0 Å². The van der Waals surface area contributed by atoms with Crippen molar-refractivity contribution in [3.05, 3.63) is 24.8 Å². The number of rotatable bonds is 3. The van der Waals surface area contributed by atoms with Crippen molar-refractivity contribution in [2.24, 2.45) is 0 Å². The lowest BCUT2D eigenvalue weighted by Crippen LogP contribution is -2.43. The second kappa shape index (κ2) is 4.46. The SMILES string of the molecule is c1cc(-c2noc(-c3cn(C4CNC4)nn3)n2)ncn1. The van der Waals surface area contributed by atoms with Crippen molar-refractivity contribution in [2.75, 3.05) is 13.1 Å². The number of hydrogen-bond acceptors (Lipinski definition) is 8. The van der Waals surface area contributed by atoms with Crippen molar-refractivity contribution in [1.82, 2.24) is 40.4 Å². The van der Waals surface area contributed by atoms with Crippen molar-refractivity contribution in [2.45, 2.75) is 6.04 Å². The molecule has 4 rings (SSSR count). The molecule has 0 radical (unpaired) electrons. The number of aromatic nitrogens is 7. The molecular formula is C11H10N8O. The summed E-state index contributed by atoms with van der Waals surface area (Å²) >= 11 is 0. The molecular weight excluding hydrogens is 260 g/mol. The van der Waals surface area contributed by atoms with Gasteiger partial charge in [-0.1, -0.05) is 10.4 Å². The maximum atomic E-state index is 5.20. The molecule has 0 amide bonds. The fraction of sp³-hybridized carbons (Fsp3) is 0.273. The van der Waals surface area contributed by atoms with Crippen molar-refractivity contribution in [3.8, 4) is 23.1 Å². The van der Waals surface area contributed by atoms with Crippen LogP contribution in [0.1, 0.15) is 6.04 Å². The van der Waals surface area contributed by atoms with Crippen LogP contribution in [0, 0.1) is 0 Å². The molecule has 0 bridgehead atoms. The Morgan fingerprint density at radius 1 is 1.30 bits per heavy atom. The van der Waals surface area contributed by atoms with E-state index in [0.29, 0.717) is 29.1 Å². The van der Waals surface area contributed by atoms with Gasteiger partial charge in [-0.25, -0.2) is 14.6 Å². The van der Waals surface area contributed by atoms with Crippen molar-refractivity contribution in [3.63, 3.8) is 0 Å². The van der Waals surface area contributed by atoms with Crippen molar-refractivity contribution in [1.29, 1.82) is 0 Å². The summed E-state index contributed by atoms with van der Waals surface area (Å²) < 4.78 is 7.00. The zero-order chi connectivity index (χ0) is 13.4. The van der Waals surface area contributed by atoms with Gasteiger partial charge in [-0.2, -0.15) is 4.98 Å². The molecule has 0 aromatic carbocycles. The minimum absolute atomic E-state index is 0.331. The molecule has 100 valence electrons. The molecule has 1 aliphatic heterocycles. The minimum atomic E-state index is 0.331. The van der Waals surface area contributed by atoms with E-state index >= 15 is 0 Å². The Kier molecular flexibility index (Phi) is 2.49. The van der Waals surface area contributed by atoms with Crippen LogP contribution < -0.4 is 5.32 Å². The summed E-state index contributed by atoms with van der Waals surface area (Å²) in [6.07, 6.45) is 4.87. The van der Waals surface area contributed by atoms with E-state index in [1.165, 1.54) is 6.33 Å². The topological polar surface area (TPSA) is 107 Å². The molecule has 4 heterocycles. The fourth-order valence-electron chi connectivity index (χ4n) is 1.87. The lowest BCUT2D eigenvalue weighted by molar-refractivity contribution is 0.313. The van der Waals surface area contributed by atoms with E-state index < -0.39 is 0 Å². The fourth-order valence-corrected chi connectivity index (χ4v) is 1.87. The Hall–Kier alpha value is -2.68. The van der Waals surface area contributed by atoms with Gasteiger partial charge in [0.15, 0.2) is 5.69 Å². The molecule has 9 nitrogen and oxygen atoms in total. The van der Waals surface area contributed by atoms with Gasteiger partial charge < -0.3 is 9.84 Å². The van der Waals surface area contributed by atoms with Gasteiger partial charge in [0.1, 0.15) is 12.0 Å². The lowest BCUT2D eigenvalue weighted by atomic mass is 10.2. The lowest BCUT2D eigenvalue weighted by Gasteiger charge is -2.26. The monoisotopic (exact) mass is 270 g/mol. The zero-order valence-corrected chi connectivity index (χ0v) is 10.3. The van der Waals surface area contributed by atoms with Crippen LogP contribution in [0.25, 0.3) is 23.1 Å². The van der Waals surface area contributed by atoms with E-state index in [1.54, 1.807) is 16.9 Å². The molecule has 1 N–H and O–H groups in total. The van der Waals surface area contributed by atoms with Gasteiger partial charge in [0, 0.05) is 19.3 Å². The summed E-state index contributed by atoms with van der Waals surface area (Å²) in [6, 6.07) is 2.06. The summed E-state index contributed by atoms with van der Waals surface area (Å²) in [7, 11) is 0. The molecule has 1 saturated heterocycles. The largest absolute Gasteiger partial charge is 0.332 e. The third kappa shape index (κ3) is 1.84. The summed E-state index contributed by atoms with van der Waals surface area (Å²) in [4.78, 5) is 12.2. The van der Waals surface area contributed by atoms with Gasteiger partial charge in [0.2, 0.25) is 5.82 Å². The number of nitrogens with zero attached hydrogens (tertiary/aromatic N) is 7. The van der Waals surface area contributed by atoms with E-state index in [4.69, 9.17) is 4.52 Å². The third-order valence-electron chi connectivity index (χ3n) is 3.10. The minimum Gasteiger partial charge on any atom is -0.332 e. The summed E-state index contributed by atoms with van der Waals surface area (Å²) in [5, 5.41) is 15.2. The van der Waals surface area contributed by atoms with E-state index in [-0.39, 0.29) is 0 Å². The molecule has 0 saturated carbocycles. The highest BCUT2D eigenvalue weighted by molar-refractivity contribution is 5.52. The molecule has 20 heavy (non-hydrogen) atoms. The van der Waals surface area contributed by atoms with Crippen LogP contribution in [0.5, 0.6) is 0 Å². The van der Waals surface area contributed by atoms with Gasteiger partial charge in [0.25, 0.3) is 5.89 Å². The Balaban J connectivity index is 1.63. The molecule has 3 aromatic heterocycles. The second-order valence-electron chi connectivity index (χ2n) is 4.41. The Morgan fingerprint density at radius 3 is 3.00 bits per heavy atom. The molecule has 3 aromatic rings.